The minimum Gasteiger partial charge on any atom is -0.322 e. The second-order valence-corrected chi connectivity index (χ2v) is 9.51. The van der Waals surface area contributed by atoms with Crippen LogP contribution in [-0.2, 0) is 14.8 Å². The smallest absolute Gasteiger partial charge is 0.262 e. The summed E-state index contributed by atoms with van der Waals surface area (Å²) in [5, 5.41) is 12.3. The number of nitrogens with zero attached hydrogens (tertiary/aromatic N) is 4. The van der Waals surface area contributed by atoms with Gasteiger partial charge in [0.15, 0.2) is 5.82 Å². The number of nitrogens with one attached hydrogen (secondary N) is 1. The van der Waals surface area contributed by atoms with Gasteiger partial charge in [-0.2, -0.15) is 5.10 Å². The summed E-state index contributed by atoms with van der Waals surface area (Å²) in [7, 11) is -4.02. The lowest BCUT2D eigenvalue weighted by Gasteiger charge is -2.36. The molecule has 5 rings (SSSR count). The molecule has 4 aromatic rings. The van der Waals surface area contributed by atoms with Crippen molar-refractivity contribution in [3.63, 3.8) is 0 Å². The highest BCUT2D eigenvalue weighted by Crippen LogP contribution is 2.40. The third-order valence-corrected chi connectivity index (χ3v) is 6.67. The van der Waals surface area contributed by atoms with E-state index >= 15 is 0 Å². The Morgan fingerprint density at radius 1 is 1.06 bits per heavy atom. The number of carbonyl (C=O) groups excluding carboxylic acids is 2. The summed E-state index contributed by atoms with van der Waals surface area (Å²) in [6.45, 7) is 1.74. The highest BCUT2D eigenvalue weighted by molar-refractivity contribution is 7.89. The molecule has 35 heavy (non-hydrogen) atoms. The molecule has 0 fully saturated rings. The van der Waals surface area contributed by atoms with E-state index in [1.165, 1.54) is 29.3 Å². The SMILES string of the molecule is Cc1c(C(=O)N2c3ccc(S(N)(=O)=O)cc3NC(=O)C2c2ccccc2)cnn1-c1ccccn1. The number of pyridine rings is 1. The van der Waals surface area contributed by atoms with Crippen molar-refractivity contribution in [2.24, 2.45) is 5.14 Å². The summed E-state index contributed by atoms with van der Waals surface area (Å²) in [6, 6.07) is 17.2. The zero-order valence-corrected chi connectivity index (χ0v) is 19.3. The normalized spacial score (nSPS) is 15.4. The number of hydrogen-bond acceptors (Lipinski definition) is 6. The van der Waals surface area contributed by atoms with Gasteiger partial charge in [-0.15, -0.1) is 0 Å². The van der Waals surface area contributed by atoms with E-state index in [0.717, 1.165) is 0 Å². The van der Waals surface area contributed by atoms with Gasteiger partial charge in [0.2, 0.25) is 10.0 Å². The molecule has 0 aliphatic carbocycles. The monoisotopic (exact) mass is 488 g/mol. The fraction of sp³-hybridized carbons (Fsp3) is 0.0833. The van der Waals surface area contributed by atoms with Crippen LogP contribution in [0.4, 0.5) is 11.4 Å². The molecule has 1 aliphatic heterocycles. The van der Waals surface area contributed by atoms with E-state index in [4.69, 9.17) is 5.14 Å². The summed E-state index contributed by atoms with van der Waals surface area (Å²) in [5.74, 6) is -0.422. The van der Waals surface area contributed by atoms with Gasteiger partial charge in [-0.25, -0.2) is 23.2 Å². The first kappa shape index (κ1) is 22.4. The molecule has 2 aromatic carbocycles. The van der Waals surface area contributed by atoms with E-state index in [1.807, 2.05) is 12.1 Å². The molecule has 1 unspecified atom stereocenters. The lowest BCUT2D eigenvalue weighted by molar-refractivity contribution is -0.117. The molecule has 1 atom stereocenters. The average Bonchev–Trinajstić information content (AvgIpc) is 3.24. The van der Waals surface area contributed by atoms with Crippen LogP contribution in [0, 0.1) is 6.92 Å². The van der Waals surface area contributed by atoms with Gasteiger partial charge in [-0.3, -0.25) is 14.5 Å². The summed E-state index contributed by atoms with van der Waals surface area (Å²) >= 11 is 0. The molecule has 0 bridgehead atoms. The zero-order chi connectivity index (χ0) is 24.7. The van der Waals surface area contributed by atoms with Crippen molar-refractivity contribution in [1.29, 1.82) is 0 Å². The van der Waals surface area contributed by atoms with E-state index in [1.54, 1.807) is 54.2 Å². The van der Waals surface area contributed by atoms with E-state index < -0.39 is 27.9 Å². The molecule has 0 spiro atoms. The fourth-order valence-electron chi connectivity index (χ4n) is 4.08. The average molecular weight is 489 g/mol. The van der Waals surface area contributed by atoms with Gasteiger partial charge in [-0.1, -0.05) is 36.4 Å². The maximum atomic E-state index is 14.0. The maximum absolute atomic E-state index is 14.0. The number of sulfonamides is 1. The summed E-state index contributed by atoms with van der Waals surface area (Å²) in [6.07, 6.45) is 3.05. The Kier molecular flexibility index (Phi) is 5.42. The first-order valence-corrected chi connectivity index (χ1v) is 12.1. The Bertz CT molecular complexity index is 1550. The quantitative estimate of drug-likeness (QED) is 0.452. The van der Waals surface area contributed by atoms with E-state index in [0.29, 0.717) is 22.8 Å². The van der Waals surface area contributed by atoms with Crippen LogP contribution in [0.15, 0.2) is 84.0 Å². The van der Waals surface area contributed by atoms with Gasteiger partial charge in [-0.05, 0) is 42.8 Å². The molecule has 0 radical (unpaired) electrons. The van der Waals surface area contributed by atoms with Crippen LogP contribution in [0.5, 0.6) is 0 Å². The van der Waals surface area contributed by atoms with Crippen LogP contribution in [-0.4, -0.2) is 35.0 Å². The number of primary sulfonamides is 1. The molecule has 176 valence electrons. The number of anilines is 2. The number of amides is 2. The Morgan fingerprint density at radius 3 is 2.49 bits per heavy atom. The first-order valence-electron chi connectivity index (χ1n) is 10.6. The lowest BCUT2D eigenvalue weighted by atomic mass is 9.99. The first-order chi connectivity index (χ1) is 16.8. The van der Waals surface area contributed by atoms with Crippen LogP contribution >= 0.6 is 0 Å². The molecular formula is C24H20N6O4S. The third-order valence-electron chi connectivity index (χ3n) is 5.76. The highest BCUT2D eigenvalue weighted by atomic mass is 32.2. The van der Waals surface area contributed by atoms with E-state index in [-0.39, 0.29) is 16.1 Å². The largest absolute Gasteiger partial charge is 0.322 e. The number of fused-ring (bicyclic) bond motifs is 1. The molecule has 3 heterocycles. The second-order valence-electron chi connectivity index (χ2n) is 7.94. The Balaban J connectivity index is 1.66. The summed E-state index contributed by atoms with van der Waals surface area (Å²) in [5.41, 5.74) is 1.90. The van der Waals surface area contributed by atoms with Crippen LogP contribution in [0.1, 0.15) is 27.7 Å². The van der Waals surface area contributed by atoms with Crippen LogP contribution < -0.4 is 15.4 Å². The lowest BCUT2D eigenvalue weighted by Crippen LogP contribution is -2.45. The predicted octanol–water partition coefficient (Wildman–Crippen LogP) is 2.56. The van der Waals surface area contributed by atoms with Gasteiger partial charge >= 0.3 is 0 Å². The van der Waals surface area contributed by atoms with Gasteiger partial charge in [0, 0.05) is 6.20 Å². The van der Waals surface area contributed by atoms with Crippen molar-refractivity contribution in [1.82, 2.24) is 14.8 Å². The van der Waals surface area contributed by atoms with Gasteiger partial charge in [0.05, 0.1) is 33.7 Å². The number of rotatable bonds is 4. The Hall–Kier alpha value is -4.35. The number of benzene rings is 2. The fourth-order valence-corrected chi connectivity index (χ4v) is 4.62. The van der Waals surface area contributed by atoms with Crippen LogP contribution in [0.25, 0.3) is 5.82 Å². The van der Waals surface area contributed by atoms with Crippen LogP contribution in [0.2, 0.25) is 0 Å². The maximum Gasteiger partial charge on any atom is 0.262 e. The van der Waals surface area contributed by atoms with Gasteiger partial charge in [0.1, 0.15) is 6.04 Å². The Morgan fingerprint density at radius 2 is 1.80 bits per heavy atom. The summed E-state index contributed by atoms with van der Waals surface area (Å²) < 4.78 is 25.3. The van der Waals surface area contributed by atoms with Crippen molar-refractivity contribution in [3.05, 3.63) is 95.9 Å². The highest BCUT2D eigenvalue weighted by Gasteiger charge is 2.39. The van der Waals surface area contributed by atoms with E-state index in [9.17, 15) is 18.0 Å². The third kappa shape index (κ3) is 3.96. The zero-order valence-electron chi connectivity index (χ0n) is 18.5. The van der Waals surface area contributed by atoms with Gasteiger partial charge < -0.3 is 5.32 Å². The van der Waals surface area contributed by atoms with Gasteiger partial charge in [0.25, 0.3) is 11.8 Å². The Labute approximate surface area is 201 Å². The predicted molar refractivity (Wildman–Crippen MR) is 129 cm³/mol. The summed E-state index contributed by atoms with van der Waals surface area (Å²) in [4.78, 5) is 32.7. The standard InChI is InChI=1S/C24H20N6O4S/c1-15-18(14-27-30(15)21-9-5-6-12-26-21)24(32)29-20-11-10-17(35(25,33)34)13-19(20)28-23(31)22(29)16-7-3-2-4-8-16/h2-14,22H,1H3,(H,28,31)(H2,25,33,34). The van der Waals surface area contributed by atoms with Crippen molar-refractivity contribution in [2.75, 3.05) is 10.2 Å². The topological polar surface area (TPSA) is 140 Å². The number of aromatic nitrogens is 3. The number of hydrogen-bond donors (Lipinski definition) is 2. The minimum absolute atomic E-state index is 0.164. The molecule has 0 saturated carbocycles. The van der Waals surface area contributed by atoms with E-state index in [2.05, 4.69) is 15.4 Å². The molecule has 1 aliphatic rings. The van der Waals surface area contributed by atoms with Crippen molar-refractivity contribution in [3.8, 4) is 5.82 Å². The molecule has 3 N–H and O–H groups in total. The molecule has 0 saturated heterocycles. The molecular weight excluding hydrogens is 468 g/mol. The number of carbonyl (C=O) groups is 2. The van der Waals surface area contributed by atoms with Crippen molar-refractivity contribution < 1.29 is 18.0 Å². The second kappa shape index (κ2) is 8.46. The van der Waals surface area contributed by atoms with Crippen molar-refractivity contribution >= 4 is 33.2 Å². The molecule has 10 nitrogen and oxygen atoms in total. The molecule has 2 aromatic heterocycles. The minimum atomic E-state index is -4.02. The number of nitrogens with two attached hydrogens (primary N) is 1. The molecule has 11 heteroatoms. The van der Waals surface area contributed by atoms with Crippen LogP contribution in [0.3, 0.4) is 0 Å². The van der Waals surface area contributed by atoms with Crippen molar-refractivity contribution in [2.45, 2.75) is 17.9 Å². The molecule has 2 amide bonds.